The van der Waals surface area contributed by atoms with E-state index in [4.69, 9.17) is 5.73 Å². The molecule has 3 rings (SSSR count). The summed E-state index contributed by atoms with van der Waals surface area (Å²) in [5, 5.41) is 0. The van der Waals surface area contributed by atoms with Crippen molar-refractivity contribution in [2.24, 2.45) is 0 Å². The minimum atomic E-state index is 0.858. The Balaban J connectivity index is 0. The average Bonchev–Trinajstić information content (AvgIpc) is 2.99. The zero-order valence-corrected chi connectivity index (χ0v) is 16.6. The monoisotopic (exact) mass is 319 g/mol. The van der Waals surface area contributed by atoms with Crippen molar-refractivity contribution in [1.82, 2.24) is 0 Å². The van der Waals surface area contributed by atoms with Crippen molar-refractivity contribution in [3.8, 4) is 11.1 Å². The maximum Gasteiger partial charge on any atom is 0.0317 e. The van der Waals surface area contributed by atoms with E-state index in [1.54, 1.807) is 0 Å². The van der Waals surface area contributed by atoms with Gasteiger partial charge in [0.1, 0.15) is 0 Å². The van der Waals surface area contributed by atoms with E-state index in [1.165, 1.54) is 22.3 Å². The van der Waals surface area contributed by atoms with E-state index in [9.17, 15) is 0 Å². The quantitative estimate of drug-likeness (QED) is 0.376. The Bertz CT molecular complexity index is 507. The van der Waals surface area contributed by atoms with Crippen molar-refractivity contribution in [3.05, 3.63) is 53.6 Å². The summed E-state index contributed by atoms with van der Waals surface area (Å²) < 4.78 is 0. The third-order valence-corrected chi connectivity index (χ3v) is 2.82. The van der Waals surface area contributed by atoms with Crippen LogP contribution in [-0.4, -0.2) is 6.66 Å². The van der Waals surface area contributed by atoms with Gasteiger partial charge in [0.2, 0.25) is 0 Å². The molecular formula is C20H34NP. The van der Waals surface area contributed by atoms with Crippen molar-refractivity contribution >= 4 is 14.9 Å². The van der Waals surface area contributed by atoms with E-state index < -0.39 is 0 Å². The Kier molecular flexibility index (Phi) is 15.2. The third kappa shape index (κ3) is 6.20. The predicted octanol–water partition coefficient (Wildman–Crippen LogP) is 6.41. The Hall–Kier alpha value is -1.33. The molecule has 1 aliphatic rings. The van der Waals surface area contributed by atoms with Gasteiger partial charge >= 0.3 is 0 Å². The van der Waals surface area contributed by atoms with E-state index in [0.29, 0.717) is 0 Å². The summed E-state index contributed by atoms with van der Waals surface area (Å²) in [6.07, 6.45) is 1.02. The molecule has 0 aromatic heterocycles. The number of anilines is 1. The minimum absolute atomic E-state index is 0.858. The zero-order valence-electron chi connectivity index (χ0n) is 15.4. The number of nitrogens with two attached hydrogens (primary N) is 1. The molecule has 0 bridgehead atoms. The summed E-state index contributed by atoms with van der Waals surface area (Å²) >= 11 is 0. The fraction of sp³-hybridized carbons (Fsp3) is 0.400. The van der Waals surface area contributed by atoms with Crippen LogP contribution in [0.15, 0.2) is 42.5 Å². The van der Waals surface area contributed by atoms with Crippen LogP contribution in [0.5, 0.6) is 0 Å². The molecule has 0 spiro atoms. The highest BCUT2D eigenvalue weighted by Crippen LogP contribution is 2.36. The van der Waals surface area contributed by atoms with Crippen LogP contribution in [0.1, 0.15) is 52.7 Å². The van der Waals surface area contributed by atoms with Crippen LogP contribution < -0.4 is 5.73 Å². The molecule has 124 valence electrons. The highest BCUT2D eigenvalue weighted by Gasteiger charge is 2.16. The molecule has 2 heteroatoms. The van der Waals surface area contributed by atoms with Crippen LogP contribution in [0.3, 0.4) is 0 Å². The second-order valence-electron chi connectivity index (χ2n) is 3.75. The van der Waals surface area contributed by atoms with Gasteiger partial charge in [-0.05, 0) is 40.8 Å². The van der Waals surface area contributed by atoms with Crippen LogP contribution in [0.25, 0.3) is 11.1 Å². The van der Waals surface area contributed by atoms with Gasteiger partial charge in [0.25, 0.3) is 0 Å². The van der Waals surface area contributed by atoms with Crippen LogP contribution in [-0.2, 0) is 6.42 Å². The number of hydrogen-bond donors (Lipinski definition) is 1. The first kappa shape index (κ1) is 22.9. The summed E-state index contributed by atoms with van der Waals surface area (Å²) in [6.45, 7) is 13.9. The number of rotatable bonds is 0. The normalized spacial score (nSPS) is 8.91. The Morgan fingerprint density at radius 1 is 0.727 bits per heavy atom. The maximum absolute atomic E-state index is 5.77. The average molecular weight is 319 g/mol. The fourth-order valence-corrected chi connectivity index (χ4v) is 2.17. The molecule has 22 heavy (non-hydrogen) atoms. The van der Waals surface area contributed by atoms with E-state index in [1.807, 2.05) is 54.3 Å². The maximum atomic E-state index is 5.77. The molecule has 0 saturated heterocycles. The second-order valence-corrected chi connectivity index (χ2v) is 3.75. The van der Waals surface area contributed by atoms with Gasteiger partial charge in [-0.15, -0.1) is 9.24 Å². The van der Waals surface area contributed by atoms with Crippen LogP contribution >= 0.6 is 9.24 Å². The topological polar surface area (TPSA) is 26.0 Å². The molecule has 0 fully saturated rings. The Labute approximate surface area is 140 Å². The SMILES string of the molecule is CC.CC.CC.CP.Nc1ccc2c(c1)Cc1ccccc1-2. The molecule has 1 nitrogen and oxygen atoms in total. The molecule has 2 aromatic rings. The Morgan fingerprint density at radius 2 is 1.23 bits per heavy atom. The van der Waals surface area contributed by atoms with Crippen LogP contribution in [0.4, 0.5) is 5.69 Å². The minimum Gasteiger partial charge on any atom is -0.399 e. The molecule has 2 N–H and O–H groups in total. The fourth-order valence-electron chi connectivity index (χ4n) is 2.17. The van der Waals surface area contributed by atoms with Gasteiger partial charge in [0.15, 0.2) is 0 Å². The molecule has 1 unspecified atom stereocenters. The van der Waals surface area contributed by atoms with Crippen molar-refractivity contribution < 1.29 is 0 Å². The lowest BCUT2D eigenvalue weighted by Crippen LogP contribution is -1.86. The largest absolute Gasteiger partial charge is 0.399 e. The zero-order chi connectivity index (χ0) is 17.5. The van der Waals surface area contributed by atoms with Gasteiger partial charge in [0.05, 0.1) is 0 Å². The van der Waals surface area contributed by atoms with Gasteiger partial charge in [-0.3, -0.25) is 0 Å². The Morgan fingerprint density at radius 3 is 1.82 bits per heavy atom. The smallest absolute Gasteiger partial charge is 0.0317 e. The lowest BCUT2D eigenvalue weighted by molar-refractivity contribution is 1.26. The van der Waals surface area contributed by atoms with Crippen molar-refractivity contribution in [1.29, 1.82) is 0 Å². The van der Waals surface area contributed by atoms with Crippen LogP contribution in [0.2, 0.25) is 0 Å². The van der Waals surface area contributed by atoms with E-state index >= 15 is 0 Å². The first-order chi connectivity index (χ1) is 10.8. The lowest BCUT2D eigenvalue weighted by atomic mass is 10.1. The number of fused-ring (bicyclic) bond motifs is 3. The summed E-state index contributed by atoms with van der Waals surface area (Å²) in [5.41, 5.74) is 12.1. The summed E-state index contributed by atoms with van der Waals surface area (Å²) in [4.78, 5) is 0. The van der Waals surface area contributed by atoms with E-state index in [-0.39, 0.29) is 0 Å². The van der Waals surface area contributed by atoms with Crippen molar-refractivity contribution in [2.75, 3.05) is 12.4 Å². The molecule has 0 heterocycles. The second kappa shape index (κ2) is 14.6. The lowest BCUT2D eigenvalue weighted by Gasteiger charge is -2.00. The van der Waals surface area contributed by atoms with Crippen LogP contribution in [0, 0.1) is 0 Å². The van der Waals surface area contributed by atoms with Gasteiger partial charge < -0.3 is 5.73 Å². The van der Waals surface area contributed by atoms with Gasteiger partial charge in [-0.25, -0.2) is 0 Å². The highest BCUT2D eigenvalue weighted by atomic mass is 31.0. The molecule has 0 aliphatic heterocycles. The molecule has 1 atom stereocenters. The van der Waals surface area contributed by atoms with Crippen molar-refractivity contribution in [3.63, 3.8) is 0 Å². The molecular weight excluding hydrogens is 285 g/mol. The molecule has 0 saturated carbocycles. The highest BCUT2D eigenvalue weighted by molar-refractivity contribution is 7.15. The molecule has 1 aliphatic carbocycles. The third-order valence-electron chi connectivity index (χ3n) is 2.82. The first-order valence-electron chi connectivity index (χ1n) is 8.39. The number of hydrogen-bond acceptors (Lipinski definition) is 1. The summed E-state index contributed by atoms with van der Waals surface area (Å²) in [5.74, 6) is 0. The molecule has 0 amide bonds. The van der Waals surface area contributed by atoms with Gasteiger partial charge in [-0.2, -0.15) is 0 Å². The predicted molar refractivity (Wildman–Crippen MR) is 109 cm³/mol. The van der Waals surface area contributed by atoms with E-state index in [0.717, 1.165) is 12.1 Å². The standard InChI is InChI=1S/C13H11N.3C2H6.CH5P/c14-11-5-6-13-10(8-11)7-9-3-1-2-4-12(9)13;4*1-2/h1-6,8H,7,14H2;3*1-2H3;2H2,1H3. The number of benzene rings is 2. The summed E-state index contributed by atoms with van der Waals surface area (Å²) in [6, 6.07) is 14.7. The first-order valence-corrected chi connectivity index (χ1v) is 9.54. The summed E-state index contributed by atoms with van der Waals surface area (Å²) in [7, 11) is 2.42. The van der Waals surface area contributed by atoms with Gasteiger partial charge in [0, 0.05) is 5.69 Å². The molecule has 0 radical (unpaired) electrons. The molecule has 2 aromatic carbocycles. The number of nitrogen functional groups attached to an aromatic ring is 1. The van der Waals surface area contributed by atoms with Gasteiger partial charge in [-0.1, -0.05) is 78.5 Å². The van der Waals surface area contributed by atoms with Crippen molar-refractivity contribution in [2.45, 2.75) is 48.0 Å². The van der Waals surface area contributed by atoms with E-state index in [2.05, 4.69) is 45.6 Å².